The number of ether oxygens (including phenoxy) is 2. The predicted octanol–water partition coefficient (Wildman–Crippen LogP) is -0.525. The Morgan fingerprint density at radius 3 is 2.09 bits per heavy atom. The first-order chi connectivity index (χ1) is 17.2. The smallest absolute Gasteiger partial charge is 0.225 e. The highest BCUT2D eigenvalue weighted by molar-refractivity contribution is 5.76. The first kappa shape index (κ1) is 27.4. The van der Waals surface area contributed by atoms with Crippen molar-refractivity contribution in [2.24, 2.45) is 0 Å². The van der Waals surface area contributed by atoms with E-state index in [-0.39, 0.29) is 5.91 Å². The van der Waals surface area contributed by atoms with E-state index in [9.17, 15) is 9.59 Å². The first-order valence-corrected chi connectivity index (χ1v) is 12.7. The molecule has 196 valence electrons. The number of piperazine rings is 2. The maximum Gasteiger partial charge on any atom is 0.225 e. The van der Waals surface area contributed by atoms with Crippen LogP contribution in [0.4, 0.5) is 5.95 Å². The molecule has 0 radical (unpaired) electrons. The van der Waals surface area contributed by atoms with Crippen LogP contribution in [0.1, 0.15) is 18.4 Å². The van der Waals surface area contributed by atoms with Crippen LogP contribution in [0.5, 0.6) is 0 Å². The molecule has 3 heterocycles. The fraction of sp³-hybridized carbons (Fsp3) is 0.750. The minimum atomic E-state index is 0.152. The monoisotopic (exact) mass is 491 g/mol. The Kier molecular flexibility index (Phi) is 12.3. The summed E-state index contributed by atoms with van der Waals surface area (Å²) in [5.74, 6) is 0.878. The van der Waals surface area contributed by atoms with Gasteiger partial charge < -0.3 is 29.4 Å². The van der Waals surface area contributed by atoms with Gasteiger partial charge in [0.15, 0.2) is 0 Å². The normalized spacial score (nSPS) is 17.6. The molecule has 1 N–H and O–H groups in total. The van der Waals surface area contributed by atoms with Crippen molar-refractivity contribution in [2.45, 2.75) is 19.4 Å². The number of anilines is 1. The van der Waals surface area contributed by atoms with Gasteiger partial charge in [0, 0.05) is 96.4 Å². The van der Waals surface area contributed by atoms with Gasteiger partial charge in [-0.2, -0.15) is 0 Å². The molecule has 0 aliphatic carbocycles. The molecule has 2 aliphatic rings. The number of hydrogen-bond donors (Lipinski definition) is 1. The molecule has 1 aromatic rings. The summed E-state index contributed by atoms with van der Waals surface area (Å²) in [6.07, 6.45) is 5.48. The van der Waals surface area contributed by atoms with Gasteiger partial charge >= 0.3 is 0 Å². The topological polar surface area (TPSA) is 103 Å². The third-order valence-corrected chi connectivity index (χ3v) is 6.40. The minimum Gasteiger partial charge on any atom is -0.380 e. The van der Waals surface area contributed by atoms with Crippen LogP contribution in [0, 0.1) is 0 Å². The van der Waals surface area contributed by atoms with Gasteiger partial charge in [-0.05, 0) is 7.05 Å². The molecule has 0 unspecified atom stereocenters. The Morgan fingerprint density at radius 1 is 0.914 bits per heavy atom. The zero-order valence-corrected chi connectivity index (χ0v) is 21.1. The quantitative estimate of drug-likeness (QED) is 0.254. The van der Waals surface area contributed by atoms with Crippen LogP contribution in [0.2, 0.25) is 0 Å². The summed E-state index contributed by atoms with van der Waals surface area (Å²) in [7, 11) is 1.90. The van der Waals surface area contributed by atoms with Crippen LogP contribution in [0.15, 0.2) is 12.4 Å². The van der Waals surface area contributed by atoms with E-state index in [2.05, 4.69) is 30.0 Å². The second-order valence-corrected chi connectivity index (χ2v) is 8.90. The molecule has 11 heteroatoms. The molecule has 0 aromatic carbocycles. The van der Waals surface area contributed by atoms with E-state index in [1.807, 2.05) is 24.3 Å². The van der Waals surface area contributed by atoms with Gasteiger partial charge in [-0.25, -0.2) is 9.97 Å². The average molecular weight is 492 g/mol. The van der Waals surface area contributed by atoms with E-state index in [1.165, 1.54) is 0 Å². The van der Waals surface area contributed by atoms with Crippen LogP contribution in [-0.2, 0) is 25.6 Å². The summed E-state index contributed by atoms with van der Waals surface area (Å²) < 4.78 is 11.2. The molecule has 2 fully saturated rings. The van der Waals surface area contributed by atoms with Crippen molar-refractivity contribution in [3.63, 3.8) is 0 Å². The molecule has 1 aromatic heterocycles. The largest absolute Gasteiger partial charge is 0.380 e. The minimum absolute atomic E-state index is 0.152. The molecule has 3 rings (SSSR count). The van der Waals surface area contributed by atoms with E-state index >= 15 is 0 Å². The lowest BCUT2D eigenvalue weighted by Crippen LogP contribution is -2.49. The molecule has 2 saturated heterocycles. The molecule has 0 atom stereocenters. The molecule has 0 saturated carbocycles. The number of rotatable bonds is 15. The molecule has 1 amide bonds. The Hall–Kier alpha value is -2.18. The van der Waals surface area contributed by atoms with Gasteiger partial charge in [-0.1, -0.05) is 0 Å². The van der Waals surface area contributed by atoms with Crippen molar-refractivity contribution in [3.8, 4) is 0 Å². The van der Waals surface area contributed by atoms with Gasteiger partial charge in [0.1, 0.15) is 6.29 Å². The zero-order valence-electron chi connectivity index (χ0n) is 21.1. The van der Waals surface area contributed by atoms with E-state index in [0.29, 0.717) is 52.4 Å². The Labute approximate surface area is 208 Å². The summed E-state index contributed by atoms with van der Waals surface area (Å²) in [5.41, 5.74) is 1.06. The fourth-order valence-electron chi connectivity index (χ4n) is 4.24. The van der Waals surface area contributed by atoms with E-state index in [0.717, 1.165) is 76.7 Å². The Morgan fingerprint density at radius 2 is 1.51 bits per heavy atom. The predicted molar refractivity (Wildman–Crippen MR) is 133 cm³/mol. The van der Waals surface area contributed by atoms with E-state index in [4.69, 9.17) is 9.47 Å². The number of aromatic nitrogens is 2. The van der Waals surface area contributed by atoms with Crippen molar-refractivity contribution >= 4 is 18.1 Å². The number of carbonyl (C=O) groups is 2. The molecule has 0 bridgehead atoms. The van der Waals surface area contributed by atoms with Crippen LogP contribution >= 0.6 is 0 Å². The molecule has 11 nitrogen and oxygen atoms in total. The number of nitrogens with zero attached hydrogens (tertiary/aromatic N) is 6. The van der Waals surface area contributed by atoms with Crippen molar-refractivity contribution in [2.75, 3.05) is 104 Å². The highest BCUT2D eigenvalue weighted by Gasteiger charge is 2.22. The lowest BCUT2D eigenvalue weighted by Gasteiger charge is -2.35. The lowest BCUT2D eigenvalue weighted by atomic mass is 10.3. The lowest BCUT2D eigenvalue weighted by molar-refractivity contribution is -0.132. The maximum absolute atomic E-state index is 12.5. The standard InChI is InChI=1S/C24H41N7O4/c1-25-19-22-20-26-24(27-21-22)31-10-8-30(9-11-31)23(33)3-16-35-18-13-29-6-4-28(5-7-29)12-17-34-15-2-14-32/h14,20-21,25H,2-13,15-19H2,1H3. The number of nitrogens with one attached hydrogen (secondary N) is 1. The molecule has 2 aliphatic heterocycles. The third-order valence-electron chi connectivity index (χ3n) is 6.40. The highest BCUT2D eigenvalue weighted by Crippen LogP contribution is 2.12. The van der Waals surface area contributed by atoms with Crippen LogP contribution in [0.3, 0.4) is 0 Å². The van der Waals surface area contributed by atoms with Crippen LogP contribution in [-0.4, -0.2) is 136 Å². The Balaban J connectivity index is 1.20. The molecular formula is C24H41N7O4. The van der Waals surface area contributed by atoms with E-state index in [1.54, 1.807) is 0 Å². The zero-order chi connectivity index (χ0) is 24.7. The third kappa shape index (κ3) is 9.77. The fourth-order valence-corrected chi connectivity index (χ4v) is 4.24. The van der Waals surface area contributed by atoms with Gasteiger partial charge in [-0.15, -0.1) is 0 Å². The van der Waals surface area contributed by atoms with Crippen molar-refractivity contribution in [1.29, 1.82) is 0 Å². The van der Waals surface area contributed by atoms with Crippen molar-refractivity contribution in [3.05, 3.63) is 18.0 Å². The second-order valence-electron chi connectivity index (χ2n) is 8.90. The van der Waals surface area contributed by atoms with E-state index < -0.39 is 0 Å². The summed E-state index contributed by atoms with van der Waals surface area (Å²) in [6.45, 7) is 11.8. The van der Waals surface area contributed by atoms with Gasteiger partial charge in [-0.3, -0.25) is 14.6 Å². The Bertz CT molecular complexity index is 736. The summed E-state index contributed by atoms with van der Waals surface area (Å²) in [4.78, 5) is 40.6. The van der Waals surface area contributed by atoms with Gasteiger partial charge in [0.05, 0.1) is 32.8 Å². The van der Waals surface area contributed by atoms with Crippen molar-refractivity contribution in [1.82, 2.24) is 30.0 Å². The number of hydrogen-bond acceptors (Lipinski definition) is 10. The SMILES string of the molecule is CNCc1cnc(N2CCN(C(=O)CCOCCN3CCN(CCOCCC=O)CC3)CC2)nc1. The second kappa shape index (κ2) is 15.7. The maximum atomic E-state index is 12.5. The number of amides is 1. The number of carbonyl (C=O) groups excluding carboxylic acids is 2. The molecule has 0 spiro atoms. The summed E-state index contributed by atoms with van der Waals surface area (Å²) in [5, 5.41) is 3.09. The number of aldehydes is 1. The average Bonchev–Trinajstić information content (AvgIpc) is 2.90. The van der Waals surface area contributed by atoms with Gasteiger partial charge in [0.25, 0.3) is 0 Å². The van der Waals surface area contributed by atoms with Crippen molar-refractivity contribution < 1.29 is 19.1 Å². The first-order valence-electron chi connectivity index (χ1n) is 12.7. The summed E-state index contributed by atoms with van der Waals surface area (Å²) >= 11 is 0. The highest BCUT2D eigenvalue weighted by atomic mass is 16.5. The van der Waals surface area contributed by atoms with Crippen LogP contribution in [0.25, 0.3) is 0 Å². The van der Waals surface area contributed by atoms with Crippen LogP contribution < -0.4 is 10.2 Å². The summed E-state index contributed by atoms with van der Waals surface area (Å²) in [6, 6.07) is 0. The molecular weight excluding hydrogens is 450 g/mol. The molecule has 35 heavy (non-hydrogen) atoms. The van der Waals surface area contributed by atoms with Gasteiger partial charge in [0.2, 0.25) is 11.9 Å².